The second kappa shape index (κ2) is 4.74. The summed E-state index contributed by atoms with van der Waals surface area (Å²) in [6.45, 7) is 0.748. The van der Waals surface area contributed by atoms with E-state index >= 15 is 0 Å². The highest BCUT2D eigenvalue weighted by Crippen LogP contribution is 2.05. The number of tetrazole rings is 1. The van der Waals surface area contributed by atoms with Crippen LogP contribution < -0.4 is 5.32 Å². The molecule has 3 rings (SSSR count). The van der Waals surface area contributed by atoms with Gasteiger partial charge in [0.1, 0.15) is 5.82 Å². The SMILES string of the molecule is c1ccc(CCNc2cncc3nnnn23)nc1. The molecule has 90 valence electrons. The van der Waals surface area contributed by atoms with E-state index in [-0.39, 0.29) is 0 Å². The summed E-state index contributed by atoms with van der Waals surface area (Å²) in [7, 11) is 0. The Bertz CT molecular complexity index is 634. The second-order valence-corrected chi connectivity index (χ2v) is 3.74. The first-order chi connectivity index (χ1) is 8.93. The van der Waals surface area contributed by atoms with Crippen LogP contribution in [0.4, 0.5) is 5.82 Å². The molecular weight excluding hydrogens is 230 g/mol. The minimum Gasteiger partial charge on any atom is -0.368 e. The van der Waals surface area contributed by atoms with Crippen LogP contribution in [0.2, 0.25) is 0 Å². The highest BCUT2D eigenvalue weighted by atomic mass is 15.5. The van der Waals surface area contributed by atoms with Gasteiger partial charge in [0.25, 0.3) is 0 Å². The topological polar surface area (TPSA) is 80.9 Å². The Hall–Kier alpha value is -2.57. The molecule has 3 heterocycles. The van der Waals surface area contributed by atoms with Crippen LogP contribution in [0.25, 0.3) is 5.65 Å². The third kappa shape index (κ3) is 2.10. The van der Waals surface area contributed by atoms with E-state index < -0.39 is 0 Å². The van der Waals surface area contributed by atoms with Gasteiger partial charge in [-0.2, -0.15) is 4.52 Å². The van der Waals surface area contributed by atoms with E-state index in [1.54, 1.807) is 23.1 Å². The van der Waals surface area contributed by atoms with E-state index in [9.17, 15) is 0 Å². The zero-order valence-electron chi connectivity index (χ0n) is 9.56. The van der Waals surface area contributed by atoms with Gasteiger partial charge >= 0.3 is 0 Å². The molecule has 0 atom stereocenters. The maximum absolute atomic E-state index is 4.26. The van der Waals surface area contributed by atoms with E-state index in [4.69, 9.17) is 0 Å². The molecule has 0 saturated heterocycles. The Morgan fingerprint density at radius 3 is 3.11 bits per heavy atom. The monoisotopic (exact) mass is 241 g/mol. The van der Waals surface area contributed by atoms with Crippen LogP contribution in [0, 0.1) is 0 Å². The van der Waals surface area contributed by atoms with Gasteiger partial charge in [-0.05, 0) is 22.6 Å². The van der Waals surface area contributed by atoms with E-state index in [2.05, 4.69) is 30.8 Å². The first kappa shape index (κ1) is 10.6. The Morgan fingerprint density at radius 2 is 2.22 bits per heavy atom. The van der Waals surface area contributed by atoms with Crippen molar-refractivity contribution in [1.29, 1.82) is 0 Å². The highest BCUT2D eigenvalue weighted by Gasteiger charge is 2.02. The summed E-state index contributed by atoms with van der Waals surface area (Å²) in [4.78, 5) is 8.33. The lowest BCUT2D eigenvalue weighted by Gasteiger charge is -2.06. The fraction of sp³-hybridized carbons (Fsp3) is 0.182. The third-order valence-electron chi connectivity index (χ3n) is 2.52. The number of nitrogens with one attached hydrogen (secondary N) is 1. The molecule has 0 aliphatic carbocycles. The number of pyridine rings is 1. The van der Waals surface area contributed by atoms with Crippen LogP contribution in [-0.4, -0.2) is 36.6 Å². The van der Waals surface area contributed by atoms with E-state index in [0.717, 1.165) is 24.5 Å². The average molecular weight is 241 g/mol. The van der Waals surface area contributed by atoms with Crippen molar-refractivity contribution in [2.75, 3.05) is 11.9 Å². The third-order valence-corrected chi connectivity index (χ3v) is 2.52. The van der Waals surface area contributed by atoms with Crippen LogP contribution in [-0.2, 0) is 6.42 Å². The first-order valence-electron chi connectivity index (χ1n) is 5.59. The van der Waals surface area contributed by atoms with E-state index in [0.29, 0.717) is 5.65 Å². The van der Waals surface area contributed by atoms with Gasteiger partial charge in [-0.3, -0.25) is 9.97 Å². The molecule has 7 heteroatoms. The predicted octanol–water partition coefficient (Wildman–Crippen LogP) is 0.569. The number of rotatable bonds is 4. The Kier molecular flexibility index (Phi) is 2.79. The summed E-state index contributed by atoms with van der Waals surface area (Å²) in [5, 5.41) is 14.6. The van der Waals surface area contributed by atoms with Gasteiger partial charge in [0.2, 0.25) is 0 Å². The van der Waals surface area contributed by atoms with Gasteiger partial charge in [-0.1, -0.05) is 6.07 Å². The lowest BCUT2D eigenvalue weighted by Crippen LogP contribution is -2.10. The molecule has 0 aromatic carbocycles. The minimum absolute atomic E-state index is 0.623. The molecule has 7 nitrogen and oxygen atoms in total. The number of nitrogens with zero attached hydrogens (tertiary/aromatic N) is 6. The van der Waals surface area contributed by atoms with Crippen LogP contribution in [0.5, 0.6) is 0 Å². The Balaban J connectivity index is 1.68. The molecule has 0 aliphatic heterocycles. The lowest BCUT2D eigenvalue weighted by molar-refractivity contribution is 0.816. The number of hydrogen-bond donors (Lipinski definition) is 1. The molecule has 1 N–H and O–H groups in total. The summed E-state index contributed by atoms with van der Waals surface area (Å²) in [6.07, 6.45) is 5.93. The fourth-order valence-corrected chi connectivity index (χ4v) is 1.66. The van der Waals surface area contributed by atoms with Gasteiger partial charge in [0.15, 0.2) is 5.65 Å². The molecular formula is C11H11N7. The quantitative estimate of drug-likeness (QED) is 0.719. The van der Waals surface area contributed by atoms with Gasteiger partial charge in [-0.15, -0.1) is 5.10 Å². The van der Waals surface area contributed by atoms with Gasteiger partial charge < -0.3 is 5.32 Å². The van der Waals surface area contributed by atoms with Gasteiger partial charge in [0, 0.05) is 24.9 Å². The van der Waals surface area contributed by atoms with Crippen LogP contribution in [0.15, 0.2) is 36.8 Å². The predicted molar refractivity (Wildman–Crippen MR) is 65.0 cm³/mol. The fourth-order valence-electron chi connectivity index (χ4n) is 1.66. The van der Waals surface area contributed by atoms with Crippen molar-refractivity contribution < 1.29 is 0 Å². The van der Waals surface area contributed by atoms with E-state index in [1.165, 1.54) is 0 Å². The standard InChI is InChI=1S/C11H11N7/c1-2-5-13-9(3-1)4-6-14-10-7-12-8-11-15-16-17-18(10)11/h1-3,5,7-8,14H,4,6H2. The van der Waals surface area contributed by atoms with Crippen LogP contribution in [0.3, 0.4) is 0 Å². The van der Waals surface area contributed by atoms with Crippen molar-refractivity contribution in [2.45, 2.75) is 6.42 Å². The molecule has 0 aliphatic rings. The number of aromatic nitrogens is 6. The van der Waals surface area contributed by atoms with Crippen molar-refractivity contribution in [3.63, 3.8) is 0 Å². The molecule has 18 heavy (non-hydrogen) atoms. The summed E-state index contributed by atoms with van der Waals surface area (Å²) in [5.74, 6) is 0.772. The highest BCUT2D eigenvalue weighted by molar-refractivity contribution is 5.43. The largest absolute Gasteiger partial charge is 0.368 e. The summed E-state index contributed by atoms with van der Waals surface area (Å²) >= 11 is 0. The smallest absolute Gasteiger partial charge is 0.199 e. The molecule has 0 saturated carbocycles. The molecule has 0 fully saturated rings. The molecule has 0 unspecified atom stereocenters. The molecule has 3 aromatic rings. The molecule has 0 spiro atoms. The summed E-state index contributed by atoms with van der Waals surface area (Å²) in [6, 6.07) is 5.88. The molecule has 0 bridgehead atoms. The maximum Gasteiger partial charge on any atom is 0.199 e. The lowest BCUT2D eigenvalue weighted by atomic mass is 10.3. The second-order valence-electron chi connectivity index (χ2n) is 3.74. The van der Waals surface area contributed by atoms with Crippen molar-refractivity contribution in [3.05, 3.63) is 42.5 Å². The normalized spacial score (nSPS) is 10.7. The number of fused-ring (bicyclic) bond motifs is 1. The first-order valence-corrected chi connectivity index (χ1v) is 5.59. The van der Waals surface area contributed by atoms with Gasteiger partial charge in [-0.25, -0.2) is 0 Å². The summed E-state index contributed by atoms with van der Waals surface area (Å²) < 4.78 is 1.62. The summed E-state index contributed by atoms with van der Waals surface area (Å²) in [5.41, 5.74) is 1.67. The maximum atomic E-state index is 4.26. The van der Waals surface area contributed by atoms with Crippen molar-refractivity contribution in [2.24, 2.45) is 0 Å². The Labute approximate surface area is 103 Å². The van der Waals surface area contributed by atoms with Crippen molar-refractivity contribution >= 4 is 11.5 Å². The molecule has 0 amide bonds. The number of hydrogen-bond acceptors (Lipinski definition) is 6. The van der Waals surface area contributed by atoms with Crippen LogP contribution >= 0.6 is 0 Å². The Morgan fingerprint density at radius 1 is 1.22 bits per heavy atom. The number of anilines is 1. The zero-order valence-corrected chi connectivity index (χ0v) is 9.56. The van der Waals surface area contributed by atoms with Crippen molar-refractivity contribution in [3.8, 4) is 0 Å². The molecule has 0 radical (unpaired) electrons. The minimum atomic E-state index is 0.623. The van der Waals surface area contributed by atoms with Crippen molar-refractivity contribution in [1.82, 2.24) is 30.0 Å². The zero-order chi connectivity index (χ0) is 12.2. The van der Waals surface area contributed by atoms with E-state index in [1.807, 2.05) is 18.2 Å². The molecule has 3 aromatic heterocycles. The van der Waals surface area contributed by atoms with Crippen LogP contribution in [0.1, 0.15) is 5.69 Å². The van der Waals surface area contributed by atoms with Gasteiger partial charge in [0.05, 0.1) is 12.4 Å². The average Bonchev–Trinajstić information content (AvgIpc) is 2.89.